The minimum absolute atomic E-state index is 0.213. The van der Waals surface area contributed by atoms with Gasteiger partial charge in [-0.05, 0) is 29.8 Å². The first-order valence-electron chi connectivity index (χ1n) is 5.90. The van der Waals surface area contributed by atoms with Crippen LogP contribution >= 0.6 is 0 Å². The Hall–Kier alpha value is -2.10. The molecule has 0 spiro atoms. The fraction of sp³-hybridized carbons (Fsp3) is 0.214. The Labute approximate surface area is 105 Å². The third-order valence-corrected chi connectivity index (χ3v) is 2.90. The second kappa shape index (κ2) is 4.64. The van der Waals surface area contributed by atoms with Crippen molar-refractivity contribution in [3.63, 3.8) is 0 Å². The van der Waals surface area contributed by atoms with Gasteiger partial charge in [0.05, 0.1) is 6.54 Å². The van der Waals surface area contributed by atoms with E-state index in [-0.39, 0.29) is 5.82 Å². The average molecular weight is 244 g/mol. The Balaban J connectivity index is 1.85. The summed E-state index contributed by atoms with van der Waals surface area (Å²) in [5, 5.41) is 0. The molecule has 0 unspecified atom stereocenters. The number of hydrogen-bond donors (Lipinski definition) is 0. The Morgan fingerprint density at radius 3 is 2.78 bits per heavy atom. The van der Waals surface area contributed by atoms with Crippen LogP contribution in [0, 0.1) is 5.82 Å². The summed E-state index contributed by atoms with van der Waals surface area (Å²) in [5.74, 6) is 0.483. The van der Waals surface area contributed by atoms with Crippen molar-refractivity contribution in [2.24, 2.45) is 4.99 Å². The highest BCUT2D eigenvalue weighted by atomic mass is 19.1. The topological polar surface area (TPSA) is 26.5 Å². The average Bonchev–Trinajstić information content (AvgIpc) is 3.02. The molecule has 0 fully saturated rings. The van der Waals surface area contributed by atoms with Gasteiger partial charge in [-0.2, -0.15) is 0 Å². The number of hydrogen-bond acceptors (Lipinski definition) is 2. The second-order valence-electron chi connectivity index (χ2n) is 4.18. The Kier molecular flexibility index (Phi) is 2.84. The van der Waals surface area contributed by atoms with Crippen LogP contribution in [0.4, 0.5) is 4.39 Å². The van der Waals surface area contributed by atoms with Crippen LogP contribution < -0.4 is 0 Å². The van der Waals surface area contributed by atoms with Crippen molar-refractivity contribution >= 4 is 5.90 Å². The molecule has 0 atom stereocenters. The first-order chi connectivity index (χ1) is 8.83. The van der Waals surface area contributed by atoms with Crippen LogP contribution in [-0.4, -0.2) is 23.6 Å². The molecule has 1 aliphatic heterocycles. The minimum Gasteiger partial charge on any atom is -0.474 e. The van der Waals surface area contributed by atoms with Crippen molar-refractivity contribution in [1.29, 1.82) is 0 Å². The van der Waals surface area contributed by atoms with E-state index in [0.29, 0.717) is 19.0 Å². The highest BCUT2D eigenvalue weighted by Gasteiger charge is 2.14. The molecule has 0 aliphatic carbocycles. The van der Waals surface area contributed by atoms with Gasteiger partial charge in [-0.25, -0.2) is 9.38 Å². The van der Waals surface area contributed by atoms with Gasteiger partial charge in [0.2, 0.25) is 5.90 Å². The molecule has 1 aromatic heterocycles. The minimum atomic E-state index is -0.213. The zero-order chi connectivity index (χ0) is 12.4. The van der Waals surface area contributed by atoms with Gasteiger partial charge in [0.1, 0.15) is 18.1 Å². The van der Waals surface area contributed by atoms with Crippen molar-refractivity contribution in [1.82, 2.24) is 4.57 Å². The molecule has 3 rings (SSSR count). The molecular formula is C14H13FN2O. The van der Waals surface area contributed by atoms with Crippen LogP contribution in [0.5, 0.6) is 0 Å². The van der Waals surface area contributed by atoms with E-state index in [9.17, 15) is 4.39 Å². The molecule has 0 bridgehead atoms. The molecule has 92 valence electrons. The summed E-state index contributed by atoms with van der Waals surface area (Å²) in [5.41, 5.74) is 2.02. The first kappa shape index (κ1) is 11.0. The van der Waals surface area contributed by atoms with Crippen LogP contribution in [0.3, 0.4) is 0 Å². The van der Waals surface area contributed by atoms with E-state index in [2.05, 4.69) is 9.56 Å². The summed E-state index contributed by atoms with van der Waals surface area (Å²) in [4.78, 5) is 4.31. The van der Waals surface area contributed by atoms with E-state index in [1.54, 1.807) is 12.1 Å². The van der Waals surface area contributed by atoms with E-state index in [1.807, 2.05) is 18.3 Å². The number of ether oxygens (including phenoxy) is 1. The first-order valence-corrected chi connectivity index (χ1v) is 5.90. The van der Waals surface area contributed by atoms with Crippen LogP contribution in [0.25, 0.3) is 0 Å². The monoisotopic (exact) mass is 244 g/mol. The third-order valence-electron chi connectivity index (χ3n) is 2.90. The SMILES string of the molecule is Fc1ccc(Cn2cccc2C2=NCCO2)cc1. The van der Waals surface area contributed by atoms with Gasteiger partial charge >= 0.3 is 0 Å². The van der Waals surface area contributed by atoms with Crippen LogP contribution in [0.1, 0.15) is 11.3 Å². The van der Waals surface area contributed by atoms with Crippen molar-refractivity contribution < 1.29 is 9.13 Å². The standard InChI is InChI=1S/C14H13FN2O/c15-12-5-3-11(4-6-12)10-17-8-1-2-13(17)14-16-7-9-18-14/h1-6,8H,7,9-10H2. The summed E-state index contributed by atoms with van der Waals surface area (Å²) in [7, 11) is 0. The van der Waals surface area contributed by atoms with E-state index in [0.717, 1.165) is 17.8 Å². The van der Waals surface area contributed by atoms with E-state index < -0.39 is 0 Å². The van der Waals surface area contributed by atoms with E-state index in [4.69, 9.17) is 4.74 Å². The van der Waals surface area contributed by atoms with Gasteiger partial charge in [0, 0.05) is 12.7 Å². The van der Waals surface area contributed by atoms with Gasteiger partial charge < -0.3 is 9.30 Å². The van der Waals surface area contributed by atoms with Gasteiger partial charge in [-0.3, -0.25) is 0 Å². The molecule has 3 nitrogen and oxygen atoms in total. The number of halogens is 1. The Bertz CT molecular complexity index is 572. The highest BCUT2D eigenvalue weighted by molar-refractivity contribution is 5.93. The van der Waals surface area contributed by atoms with E-state index in [1.165, 1.54) is 12.1 Å². The van der Waals surface area contributed by atoms with Crippen LogP contribution in [-0.2, 0) is 11.3 Å². The molecule has 0 N–H and O–H groups in total. The molecule has 1 aliphatic rings. The number of nitrogens with zero attached hydrogens (tertiary/aromatic N) is 2. The molecule has 0 radical (unpaired) electrons. The maximum absolute atomic E-state index is 12.8. The van der Waals surface area contributed by atoms with Crippen molar-refractivity contribution in [3.8, 4) is 0 Å². The summed E-state index contributed by atoms with van der Waals surface area (Å²) >= 11 is 0. The van der Waals surface area contributed by atoms with E-state index >= 15 is 0 Å². The molecule has 2 aromatic rings. The summed E-state index contributed by atoms with van der Waals surface area (Å²) < 4.78 is 20.4. The van der Waals surface area contributed by atoms with Crippen molar-refractivity contribution in [3.05, 3.63) is 59.7 Å². The number of rotatable bonds is 3. The van der Waals surface area contributed by atoms with Crippen molar-refractivity contribution in [2.45, 2.75) is 6.54 Å². The van der Waals surface area contributed by atoms with Gasteiger partial charge in [0.15, 0.2) is 0 Å². The zero-order valence-corrected chi connectivity index (χ0v) is 9.84. The summed E-state index contributed by atoms with van der Waals surface area (Å²) in [6.07, 6.45) is 1.98. The lowest BCUT2D eigenvalue weighted by molar-refractivity contribution is 0.346. The molecule has 4 heteroatoms. The lowest BCUT2D eigenvalue weighted by Crippen LogP contribution is -2.10. The van der Waals surface area contributed by atoms with Gasteiger partial charge in [0.25, 0.3) is 0 Å². The number of aromatic nitrogens is 1. The molecular weight excluding hydrogens is 231 g/mol. The normalized spacial score (nSPS) is 14.4. The van der Waals surface area contributed by atoms with Crippen LogP contribution in [0.2, 0.25) is 0 Å². The fourth-order valence-electron chi connectivity index (χ4n) is 2.02. The Morgan fingerprint density at radius 2 is 2.06 bits per heavy atom. The largest absolute Gasteiger partial charge is 0.474 e. The maximum Gasteiger partial charge on any atom is 0.233 e. The summed E-state index contributed by atoms with van der Waals surface area (Å²) in [6, 6.07) is 10.5. The van der Waals surface area contributed by atoms with Crippen LogP contribution in [0.15, 0.2) is 47.6 Å². The Morgan fingerprint density at radius 1 is 1.22 bits per heavy atom. The predicted molar refractivity (Wildman–Crippen MR) is 67.3 cm³/mol. The summed E-state index contributed by atoms with van der Waals surface area (Å²) in [6.45, 7) is 2.05. The predicted octanol–water partition coefficient (Wildman–Crippen LogP) is 2.45. The number of benzene rings is 1. The van der Waals surface area contributed by atoms with Crippen molar-refractivity contribution in [2.75, 3.05) is 13.2 Å². The smallest absolute Gasteiger partial charge is 0.233 e. The highest BCUT2D eigenvalue weighted by Crippen LogP contribution is 2.12. The third kappa shape index (κ3) is 2.14. The second-order valence-corrected chi connectivity index (χ2v) is 4.18. The molecule has 1 aromatic carbocycles. The molecule has 0 saturated heterocycles. The molecule has 2 heterocycles. The zero-order valence-electron chi connectivity index (χ0n) is 9.84. The lowest BCUT2D eigenvalue weighted by Gasteiger charge is -2.09. The fourth-order valence-corrected chi connectivity index (χ4v) is 2.02. The molecule has 18 heavy (non-hydrogen) atoms. The maximum atomic E-state index is 12.8. The molecule has 0 amide bonds. The van der Waals surface area contributed by atoms with Gasteiger partial charge in [-0.15, -0.1) is 0 Å². The van der Waals surface area contributed by atoms with Gasteiger partial charge in [-0.1, -0.05) is 12.1 Å². The number of aliphatic imine (C=N–C) groups is 1. The quantitative estimate of drug-likeness (QED) is 0.814. The lowest BCUT2D eigenvalue weighted by atomic mass is 10.2. The molecule has 0 saturated carbocycles.